The molecule has 3 aliphatic rings. The molecule has 0 aliphatic carbocycles. The summed E-state index contributed by atoms with van der Waals surface area (Å²) >= 11 is 0. The number of amides is 8. The van der Waals surface area contributed by atoms with E-state index < -0.39 is 147 Å². The molecule has 16 atom stereocenters. The van der Waals surface area contributed by atoms with Crippen LogP contribution in [-0.2, 0) is 66.8 Å². The molecule has 0 aromatic carbocycles. The quantitative estimate of drug-likeness (QED) is 0.0259. The summed E-state index contributed by atoms with van der Waals surface area (Å²) in [4.78, 5) is 103. The van der Waals surface area contributed by atoms with Crippen LogP contribution >= 0.6 is 0 Å². The Morgan fingerprint density at radius 3 is 1.25 bits per heavy atom. The van der Waals surface area contributed by atoms with Crippen LogP contribution in [0.15, 0.2) is 0 Å². The average Bonchev–Trinajstić information content (AvgIpc) is 0.906. The van der Waals surface area contributed by atoms with Gasteiger partial charge in [0, 0.05) is 98.6 Å². The summed E-state index contributed by atoms with van der Waals surface area (Å²) in [5, 5.41) is 122. The number of rotatable bonds is 49. The number of hydrogen-bond donors (Lipinski definition) is 18. The lowest BCUT2D eigenvalue weighted by Crippen LogP contribution is -2.64. The Morgan fingerprint density at radius 2 is 0.796 bits per heavy atom. The predicted octanol–water partition coefficient (Wildman–Crippen LogP) is -3.85. The summed E-state index contributed by atoms with van der Waals surface area (Å²) in [7, 11) is 0. The highest BCUT2D eigenvalue weighted by atomic mass is 16.7. The average molecular weight is 1340 g/mol. The molecule has 18 N–H and O–H groups in total. The first kappa shape index (κ1) is 82.4. The van der Waals surface area contributed by atoms with E-state index in [-0.39, 0.29) is 115 Å². The lowest BCUT2D eigenvalue weighted by Gasteiger charge is -2.42. The van der Waals surface area contributed by atoms with Crippen LogP contribution in [0.2, 0.25) is 0 Å². The molecule has 0 saturated carbocycles. The maximum atomic E-state index is 14.3. The summed E-state index contributed by atoms with van der Waals surface area (Å²) in [6, 6.07) is -4.48. The number of nitrogens with one attached hydrogen (secondary N) is 8. The number of aliphatic hydroxyl groups is 10. The van der Waals surface area contributed by atoms with Crippen molar-refractivity contribution < 1.29 is 118 Å². The molecule has 3 fully saturated rings. The molecule has 3 saturated heterocycles. The number of carbonyl (C=O) groups excluding carboxylic acids is 8. The smallest absolute Gasteiger partial charge is 0.243 e. The molecule has 0 bridgehead atoms. The van der Waals surface area contributed by atoms with Crippen molar-refractivity contribution in [1.29, 1.82) is 0 Å². The van der Waals surface area contributed by atoms with Gasteiger partial charge in [-0.2, -0.15) is 0 Å². The van der Waals surface area contributed by atoms with Gasteiger partial charge in [-0.05, 0) is 103 Å². The van der Waals surface area contributed by atoms with Crippen molar-refractivity contribution in [2.75, 3.05) is 72.4 Å². The fraction of sp³-hybridized carbons (Fsp3) is 0.869. The van der Waals surface area contributed by atoms with Crippen molar-refractivity contribution in [3.8, 4) is 0 Å². The third-order valence-corrected chi connectivity index (χ3v) is 16.0. The highest BCUT2D eigenvalue weighted by Crippen LogP contribution is 2.25. The molecule has 3 heterocycles. The highest BCUT2D eigenvalue weighted by Gasteiger charge is 2.47. The Bertz CT molecular complexity index is 2160. The molecule has 32 nitrogen and oxygen atoms in total. The van der Waals surface area contributed by atoms with Gasteiger partial charge in [-0.1, -0.05) is 19.3 Å². The Morgan fingerprint density at radius 1 is 0.409 bits per heavy atom. The number of unbranched alkanes of at least 4 members (excludes halogenated alkanes) is 10. The van der Waals surface area contributed by atoms with Crippen molar-refractivity contribution in [2.45, 2.75) is 266 Å². The number of ether oxygens (including phenoxy) is 6. The normalized spacial score (nSPS) is 26.0. The van der Waals surface area contributed by atoms with Crippen LogP contribution in [0, 0.1) is 0 Å². The van der Waals surface area contributed by atoms with E-state index in [1.54, 1.807) is 0 Å². The number of carbonyl (C=O) groups is 8. The molecule has 0 aromatic rings. The third kappa shape index (κ3) is 33.1. The molecule has 32 heteroatoms. The van der Waals surface area contributed by atoms with Crippen molar-refractivity contribution in [3.63, 3.8) is 0 Å². The van der Waals surface area contributed by atoms with E-state index in [4.69, 9.17) is 33.5 Å². The van der Waals surface area contributed by atoms with E-state index in [1.807, 2.05) is 0 Å². The van der Waals surface area contributed by atoms with Gasteiger partial charge in [0.05, 0.1) is 25.9 Å². The SMILES string of the molecule is CC(=O)N[C@H]1[C@H](OCCCCC(=O)NCCCC[C@H](NC(=O)[C@H](CCCCNC(=O)CCCCO[C@H]2C[C@@H](O)[C@@H](O)[C@@H](CO)O2)NC(=O)CCCCO[C@@H]2O[C@H](CO)[C@H](O)[C@H](O)[C@H]2NC(C)=O)C(=O)NCCCCCC(=O)NCCCCCCO)O[C@H](CO)[C@H](O)[C@@H]1O. The molecule has 0 radical (unpaired) electrons. The Labute approximate surface area is 544 Å². The van der Waals surface area contributed by atoms with Gasteiger partial charge in [-0.25, -0.2) is 0 Å². The fourth-order valence-electron chi connectivity index (χ4n) is 10.7. The molecule has 8 amide bonds. The van der Waals surface area contributed by atoms with Crippen LogP contribution in [0.3, 0.4) is 0 Å². The lowest BCUT2D eigenvalue weighted by molar-refractivity contribution is -0.270. The Balaban J connectivity index is 1.61. The summed E-state index contributed by atoms with van der Waals surface area (Å²) in [6.45, 7) is 2.35. The van der Waals surface area contributed by atoms with Crippen LogP contribution in [-0.4, -0.2) is 269 Å². The van der Waals surface area contributed by atoms with E-state index in [0.717, 1.165) is 25.7 Å². The minimum absolute atomic E-state index is 0.0240. The third-order valence-electron chi connectivity index (χ3n) is 16.0. The topological polar surface area (TPSA) is 490 Å². The summed E-state index contributed by atoms with van der Waals surface area (Å²) in [5.74, 6) is -3.24. The molecule has 0 spiro atoms. The van der Waals surface area contributed by atoms with Crippen LogP contribution in [0.1, 0.15) is 168 Å². The van der Waals surface area contributed by atoms with Crippen molar-refractivity contribution in [2.24, 2.45) is 0 Å². The molecule has 93 heavy (non-hydrogen) atoms. The molecule has 3 aliphatic heterocycles. The minimum atomic E-state index is -1.52. The first-order chi connectivity index (χ1) is 44.6. The van der Waals surface area contributed by atoms with E-state index in [2.05, 4.69) is 42.5 Å². The van der Waals surface area contributed by atoms with Crippen LogP contribution in [0.4, 0.5) is 0 Å². The molecular formula is C61H110N8O24. The first-order valence-corrected chi connectivity index (χ1v) is 33.2. The lowest BCUT2D eigenvalue weighted by atomic mass is 9.97. The minimum Gasteiger partial charge on any atom is -0.396 e. The van der Waals surface area contributed by atoms with Gasteiger partial charge in [0.25, 0.3) is 0 Å². The van der Waals surface area contributed by atoms with E-state index in [0.29, 0.717) is 83.6 Å². The second kappa shape index (κ2) is 47.9. The van der Waals surface area contributed by atoms with E-state index >= 15 is 0 Å². The zero-order valence-electron chi connectivity index (χ0n) is 54.2. The van der Waals surface area contributed by atoms with Crippen LogP contribution in [0.5, 0.6) is 0 Å². The molecule has 0 aromatic heterocycles. The van der Waals surface area contributed by atoms with Gasteiger partial charge in [0.1, 0.15) is 73.0 Å². The molecule has 538 valence electrons. The molecule has 0 unspecified atom stereocenters. The molecular weight excluding hydrogens is 1230 g/mol. The summed E-state index contributed by atoms with van der Waals surface area (Å²) in [5.41, 5.74) is 0. The van der Waals surface area contributed by atoms with Gasteiger partial charge in [-0.15, -0.1) is 0 Å². The van der Waals surface area contributed by atoms with Gasteiger partial charge < -0.3 is 122 Å². The van der Waals surface area contributed by atoms with Crippen LogP contribution < -0.4 is 42.5 Å². The summed E-state index contributed by atoms with van der Waals surface area (Å²) < 4.78 is 33.8. The zero-order chi connectivity index (χ0) is 68.5. The maximum absolute atomic E-state index is 14.3. The second-order valence-corrected chi connectivity index (χ2v) is 23.9. The highest BCUT2D eigenvalue weighted by molar-refractivity contribution is 5.92. The number of aliphatic hydroxyl groups excluding tert-OH is 10. The van der Waals surface area contributed by atoms with Crippen LogP contribution in [0.25, 0.3) is 0 Å². The van der Waals surface area contributed by atoms with Gasteiger partial charge in [0.15, 0.2) is 18.9 Å². The van der Waals surface area contributed by atoms with Crippen molar-refractivity contribution in [3.05, 3.63) is 0 Å². The fourth-order valence-corrected chi connectivity index (χ4v) is 10.7. The largest absolute Gasteiger partial charge is 0.396 e. The maximum Gasteiger partial charge on any atom is 0.243 e. The standard InChI is InChI=1S/C61H110N8O24/c1-38(74)66-51-56(84)54(82)44(36-72)92-60(51)89-32-18-10-24-48(79)63-27-14-7-20-40(58(86)65-29-13-5-6-22-46(77)62-26-12-3-4-16-30-70)69-59(87)41(21-8-15-28-64-47(78)23-9-17-31-88-50-34-42(76)53(81)43(35-71)91-50)68-49(80)25-11-19-33-90-61-52(67-39(2)75)57(85)55(83)45(37-73)93-61/h40-45,50-57,60-61,70-73,76,81-85H,3-37H2,1-2H3,(H,62,77)(H,63,79)(H,64,78)(H,65,86)(H,66,74)(H,67,75)(H,68,80)(H,69,87)/t40-,41-,42+,43+,44+,45+,50+,51+,52+,53+,54-,55-,56+,57+,60+,61+/m0/s1. The van der Waals surface area contributed by atoms with E-state index in [9.17, 15) is 84.3 Å². The van der Waals surface area contributed by atoms with Gasteiger partial charge in [-0.3, -0.25) is 38.4 Å². The van der Waals surface area contributed by atoms with Gasteiger partial charge >= 0.3 is 0 Å². The second-order valence-electron chi connectivity index (χ2n) is 23.9. The molecule has 3 rings (SSSR count). The number of hydrogen-bond acceptors (Lipinski definition) is 24. The van der Waals surface area contributed by atoms with Crippen molar-refractivity contribution in [1.82, 2.24) is 42.5 Å². The Hall–Kier alpha value is -4.88. The summed E-state index contributed by atoms with van der Waals surface area (Å²) in [6.07, 6.45) is -5.24. The first-order valence-electron chi connectivity index (χ1n) is 33.2. The predicted molar refractivity (Wildman–Crippen MR) is 330 cm³/mol. The Kier molecular flexibility index (Phi) is 42.4. The zero-order valence-corrected chi connectivity index (χ0v) is 54.2. The van der Waals surface area contributed by atoms with Gasteiger partial charge in [0.2, 0.25) is 47.3 Å². The van der Waals surface area contributed by atoms with E-state index in [1.165, 1.54) is 13.8 Å². The monoisotopic (exact) mass is 1340 g/mol. The van der Waals surface area contributed by atoms with Crippen molar-refractivity contribution >= 4 is 47.3 Å².